The molecular formula is C18H16N2O3. The number of nitrogens with zero attached hydrogens (tertiary/aromatic N) is 1. The highest BCUT2D eigenvalue weighted by molar-refractivity contribution is 5.91. The van der Waals surface area contributed by atoms with Gasteiger partial charge < -0.3 is 9.26 Å². The second-order valence-corrected chi connectivity index (χ2v) is 5.09. The summed E-state index contributed by atoms with van der Waals surface area (Å²) in [6.45, 7) is 1.90. The van der Waals surface area contributed by atoms with E-state index in [-0.39, 0.29) is 12.5 Å². The summed E-state index contributed by atoms with van der Waals surface area (Å²) in [6.07, 6.45) is 0. The Morgan fingerprint density at radius 1 is 1.13 bits per heavy atom. The van der Waals surface area contributed by atoms with Gasteiger partial charge in [-0.15, -0.1) is 0 Å². The zero-order valence-electron chi connectivity index (χ0n) is 12.7. The molecule has 116 valence electrons. The summed E-state index contributed by atoms with van der Waals surface area (Å²) in [4.78, 5) is 11.9. The first-order valence-corrected chi connectivity index (χ1v) is 7.22. The largest absolute Gasteiger partial charge is 0.484 e. The third-order valence-corrected chi connectivity index (χ3v) is 3.23. The quantitative estimate of drug-likeness (QED) is 0.781. The van der Waals surface area contributed by atoms with Crippen LogP contribution in [0.5, 0.6) is 5.75 Å². The Morgan fingerprint density at radius 2 is 1.87 bits per heavy atom. The van der Waals surface area contributed by atoms with E-state index >= 15 is 0 Å². The van der Waals surface area contributed by atoms with E-state index in [1.54, 1.807) is 6.07 Å². The van der Waals surface area contributed by atoms with Crippen LogP contribution in [0, 0.1) is 6.92 Å². The van der Waals surface area contributed by atoms with Crippen LogP contribution in [-0.4, -0.2) is 17.7 Å². The first-order valence-electron chi connectivity index (χ1n) is 7.22. The number of hydrogen-bond acceptors (Lipinski definition) is 4. The summed E-state index contributed by atoms with van der Waals surface area (Å²) in [5.74, 6) is 0.635. The van der Waals surface area contributed by atoms with Gasteiger partial charge in [0.15, 0.2) is 6.61 Å². The topological polar surface area (TPSA) is 64.4 Å². The maximum Gasteiger partial charge on any atom is 0.264 e. The molecule has 0 saturated carbocycles. The Morgan fingerprint density at radius 3 is 2.61 bits per heavy atom. The highest BCUT2D eigenvalue weighted by Crippen LogP contribution is 2.21. The Bertz CT molecular complexity index is 780. The molecule has 1 amide bonds. The fraction of sp³-hybridized carbons (Fsp3) is 0.111. The van der Waals surface area contributed by atoms with Gasteiger partial charge in [0.05, 0.1) is 0 Å². The molecule has 3 aromatic rings. The van der Waals surface area contributed by atoms with Crippen LogP contribution in [0.3, 0.4) is 0 Å². The summed E-state index contributed by atoms with van der Waals surface area (Å²) in [6, 6.07) is 18.8. The molecule has 0 spiro atoms. The van der Waals surface area contributed by atoms with Crippen molar-refractivity contribution in [2.45, 2.75) is 6.92 Å². The van der Waals surface area contributed by atoms with Gasteiger partial charge in [-0.2, -0.15) is 0 Å². The fourth-order valence-corrected chi connectivity index (χ4v) is 2.04. The number of carbonyl (C=O) groups excluding carboxylic acids is 1. The number of ether oxygens (including phenoxy) is 1. The molecule has 5 heteroatoms. The predicted octanol–water partition coefficient (Wildman–Crippen LogP) is 3.67. The van der Waals surface area contributed by atoms with Crippen LogP contribution < -0.4 is 10.1 Å². The summed E-state index contributed by atoms with van der Waals surface area (Å²) >= 11 is 0. The number of anilines is 1. The minimum absolute atomic E-state index is 0.0928. The number of benzene rings is 2. The second kappa shape index (κ2) is 6.79. The molecule has 3 rings (SSSR count). The van der Waals surface area contributed by atoms with Crippen LogP contribution in [0.25, 0.3) is 11.3 Å². The van der Waals surface area contributed by atoms with Crippen molar-refractivity contribution in [2.24, 2.45) is 0 Å². The van der Waals surface area contributed by atoms with Gasteiger partial charge in [0, 0.05) is 11.6 Å². The van der Waals surface area contributed by atoms with Crippen molar-refractivity contribution in [2.75, 3.05) is 11.9 Å². The summed E-state index contributed by atoms with van der Waals surface area (Å²) in [7, 11) is 0. The molecular weight excluding hydrogens is 292 g/mol. The fourth-order valence-electron chi connectivity index (χ4n) is 2.04. The molecule has 5 nitrogen and oxygen atoms in total. The Kier molecular flexibility index (Phi) is 4.38. The van der Waals surface area contributed by atoms with Gasteiger partial charge >= 0.3 is 0 Å². The molecule has 1 N–H and O–H groups in total. The van der Waals surface area contributed by atoms with Gasteiger partial charge in [0.25, 0.3) is 5.91 Å². The second-order valence-electron chi connectivity index (χ2n) is 5.09. The SMILES string of the molecule is Cc1ccc(OCC(=O)Nc2cc(-c3ccccc3)no2)cc1. The van der Waals surface area contributed by atoms with Crippen LogP contribution in [0.15, 0.2) is 65.2 Å². The van der Waals surface area contributed by atoms with Crippen LogP contribution in [-0.2, 0) is 4.79 Å². The smallest absolute Gasteiger partial charge is 0.264 e. The zero-order chi connectivity index (χ0) is 16.1. The van der Waals surface area contributed by atoms with E-state index in [1.807, 2.05) is 61.5 Å². The van der Waals surface area contributed by atoms with Gasteiger partial charge in [-0.05, 0) is 19.1 Å². The number of amides is 1. The van der Waals surface area contributed by atoms with Crippen molar-refractivity contribution in [3.8, 4) is 17.0 Å². The van der Waals surface area contributed by atoms with E-state index in [4.69, 9.17) is 9.26 Å². The lowest BCUT2D eigenvalue weighted by molar-refractivity contribution is -0.118. The van der Waals surface area contributed by atoms with Crippen LogP contribution in [0.2, 0.25) is 0 Å². The summed E-state index contributed by atoms with van der Waals surface area (Å²) in [5, 5.41) is 6.56. The van der Waals surface area contributed by atoms with Gasteiger partial charge in [0.2, 0.25) is 5.88 Å². The maximum absolute atomic E-state index is 11.9. The van der Waals surface area contributed by atoms with Crippen molar-refractivity contribution in [1.82, 2.24) is 5.16 Å². The lowest BCUT2D eigenvalue weighted by Gasteiger charge is -2.05. The van der Waals surface area contributed by atoms with E-state index in [0.717, 1.165) is 11.1 Å². The van der Waals surface area contributed by atoms with Crippen molar-refractivity contribution >= 4 is 11.8 Å². The molecule has 0 saturated heterocycles. The van der Waals surface area contributed by atoms with E-state index in [0.29, 0.717) is 17.3 Å². The number of hydrogen-bond donors (Lipinski definition) is 1. The average Bonchev–Trinajstić information content (AvgIpc) is 3.04. The van der Waals surface area contributed by atoms with Crippen molar-refractivity contribution < 1.29 is 14.1 Å². The molecule has 0 fully saturated rings. The minimum atomic E-state index is -0.304. The number of aromatic nitrogens is 1. The first-order chi connectivity index (χ1) is 11.2. The Balaban J connectivity index is 1.56. The number of nitrogens with one attached hydrogen (secondary N) is 1. The molecule has 1 heterocycles. The lowest BCUT2D eigenvalue weighted by atomic mass is 10.2. The van der Waals surface area contributed by atoms with Crippen LogP contribution in [0.4, 0.5) is 5.88 Å². The molecule has 2 aromatic carbocycles. The van der Waals surface area contributed by atoms with Crippen LogP contribution >= 0.6 is 0 Å². The van der Waals surface area contributed by atoms with Crippen molar-refractivity contribution in [1.29, 1.82) is 0 Å². The molecule has 0 aliphatic rings. The van der Waals surface area contributed by atoms with E-state index < -0.39 is 0 Å². The molecule has 0 bridgehead atoms. The molecule has 0 aliphatic heterocycles. The average molecular weight is 308 g/mol. The van der Waals surface area contributed by atoms with Crippen molar-refractivity contribution in [3.63, 3.8) is 0 Å². The standard InChI is InChI=1S/C18H16N2O3/c1-13-7-9-15(10-8-13)22-12-17(21)19-18-11-16(20-23-18)14-5-3-2-4-6-14/h2-11H,12H2,1H3,(H,19,21). The third kappa shape index (κ3) is 3.97. The molecule has 0 atom stereocenters. The first kappa shape index (κ1) is 14.8. The van der Waals surface area contributed by atoms with Crippen LogP contribution in [0.1, 0.15) is 5.56 Å². The third-order valence-electron chi connectivity index (χ3n) is 3.23. The number of aryl methyl sites for hydroxylation is 1. The molecule has 1 aromatic heterocycles. The van der Waals surface area contributed by atoms with Crippen molar-refractivity contribution in [3.05, 3.63) is 66.2 Å². The normalized spacial score (nSPS) is 10.3. The molecule has 0 radical (unpaired) electrons. The number of rotatable bonds is 5. The number of carbonyl (C=O) groups is 1. The molecule has 0 unspecified atom stereocenters. The summed E-state index contributed by atoms with van der Waals surface area (Å²) in [5.41, 5.74) is 2.73. The Hall–Kier alpha value is -3.08. The predicted molar refractivity (Wildman–Crippen MR) is 87.2 cm³/mol. The van der Waals surface area contributed by atoms with Gasteiger partial charge in [-0.3, -0.25) is 10.1 Å². The zero-order valence-corrected chi connectivity index (χ0v) is 12.7. The maximum atomic E-state index is 11.9. The van der Waals surface area contributed by atoms with Gasteiger partial charge in [-0.25, -0.2) is 0 Å². The molecule has 0 aliphatic carbocycles. The highest BCUT2D eigenvalue weighted by Gasteiger charge is 2.10. The van der Waals surface area contributed by atoms with E-state index in [1.165, 1.54) is 0 Å². The Labute approximate surface area is 133 Å². The van der Waals surface area contributed by atoms with Gasteiger partial charge in [0.1, 0.15) is 11.4 Å². The molecule has 23 heavy (non-hydrogen) atoms. The lowest BCUT2D eigenvalue weighted by Crippen LogP contribution is -2.19. The van der Waals surface area contributed by atoms with Gasteiger partial charge in [-0.1, -0.05) is 53.2 Å². The highest BCUT2D eigenvalue weighted by atomic mass is 16.5. The monoisotopic (exact) mass is 308 g/mol. The minimum Gasteiger partial charge on any atom is -0.484 e. The van der Waals surface area contributed by atoms with E-state index in [2.05, 4.69) is 10.5 Å². The van der Waals surface area contributed by atoms with E-state index in [9.17, 15) is 4.79 Å². The summed E-state index contributed by atoms with van der Waals surface area (Å²) < 4.78 is 10.5.